The predicted octanol–water partition coefficient (Wildman–Crippen LogP) is 6.51. The summed E-state index contributed by atoms with van der Waals surface area (Å²) in [6.07, 6.45) is 8.88. The number of carbonyl (C=O) groups is 1. The summed E-state index contributed by atoms with van der Waals surface area (Å²) in [4.78, 5) is 26.8. The molecule has 38 heavy (non-hydrogen) atoms. The van der Waals surface area contributed by atoms with Gasteiger partial charge in [-0.25, -0.2) is 14.4 Å². The minimum absolute atomic E-state index is 0.0876. The molecule has 2 aromatic heterocycles. The van der Waals surface area contributed by atoms with E-state index < -0.39 is 0 Å². The first-order valence-electron chi connectivity index (χ1n) is 12.9. The van der Waals surface area contributed by atoms with Crippen molar-refractivity contribution in [1.29, 1.82) is 0 Å². The van der Waals surface area contributed by atoms with Crippen LogP contribution >= 0.6 is 22.9 Å². The van der Waals surface area contributed by atoms with Crippen LogP contribution in [-0.4, -0.2) is 47.0 Å². The summed E-state index contributed by atoms with van der Waals surface area (Å²) in [5.41, 5.74) is 7.15. The largest absolute Gasteiger partial charge is 0.311 e. The van der Waals surface area contributed by atoms with E-state index in [0.717, 1.165) is 54.8 Å². The molecule has 8 heteroatoms. The molecule has 4 aromatic rings. The smallest absolute Gasteiger partial charge is 0.227 e. The number of hydrogen-bond acceptors (Lipinski definition) is 5. The maximum atomic E-state index is 13.5. The summed E-state index contributed by atoms with van der Waals surface area (Å²) in [7, 11) is 0. The Hall–Kier alpha value is -3.13. The van der Waals surface area contributed by atoms with E-state index in [-0.39, 0.29) is 17.1 Å². The molecule has 0 aliphatic carbocycles. The number of carbonyl (C=O) groups excluding carboxylic acids is 1. The first kappa shape index (κ1) is 25.2. The minimum atomic E-state index is -0.219. The van der Waals surface area contributed by atoms with E-state index in [1.807, 2.05) is 28.6 Å². The third-order valence-corrected chi connectivity index (χ3v) is 8.84. The molecule has 1 fully saturated rings. The number of pyridine rings is 1. The number of hydrogen-bond donors (Lipinski definition) is 0. The molecular weight excluding hydrogens is 519 g/mol. The molecule has 2 aliphatic heterocycles. The summed E-state index contributed by atoms with van der Waals surface area (Å²) in [6.45, 7) is 3.45. The Morgan fingerprint density at radius 2 is 1.92 bits per heavy atom. The zero-order chi connectivity index (χ0) is 26.1. The number of anilines is 1. The number of aryl methyl sites for hydroxylation is 1. The molecular formula is C30H28ClFN4OS. The van der Waals surface area contributed by atoms with E-state index in [4.69, 9.17) is 16.6 Å². The third kappa shape index (κ3) is 4.98. The van der Waals surface area contributed by atoms with Gasteiger partial charge in [0.15, 0.2) is 0 Å². The van der Waals surface area contributed by atoms with Crippen LogP contribution in [0.5, 0.6) is 0 Å². The molecule has 0 unspecified atom stereocenters. The number of benzene rings is 2. The lowest BCUT2D eigenvalue weighted by Crippen LogP contribution is -2.46. The van der Waals surface area contributed by atoms with E-state index in [1.54, 1.807) is 29.7 Å². The lowest BCUT2D eigenvalue weighted by atomic mass is 9.74. The van der Waals surface area contributed by atoms with Crippen molar-refractivity contribution in [3.63, 3.8) is 0 Å². The summed E-state index contributed by atoms with van der Waals surface area (Å²) in [5.74, 6) is -0.0841. The number of nitrogens with zero attached hydrogens (tertiary/aromatic N) is 4. The predicted molar refractivity (Wildman–Crippen MR) is 152 cm³/mol. The van der Waals surface area contributed by atoms with Crippen molar-refractivity contribution in [2.45, 2.75) is 31.1 Å². The summed E-state index contributed by atoms with van der Waals surface area (Å²) < 4.78 is 14.3. The van der Waals surface area contributed by atoms with Crippen molar-refractivity contribution < 1.29 is 9.18 Å². The average Bonchev–Trinajstić information content (AvgIpc) is 3.53. The van der Waals surface area contributed by atoms with Crippen LogP contribution in [0, 0.1) is 5.82 Å². The number of fused-ring (bicyclic) bond motifs is 4. The Bertz CT molecular complexity index is 1490. The maximum Gasteiger partial charge on any atom is 0.227 e. The monoisotopic (exact) mass is 546 g/mol. The van der Waals surface area contributed by atoms with Crippen molar-refractivity contribution in [2.75, 3.05) is 31.1 Å². The van der Waals surface area contributed by atoms with Crippen LogP contribution in [0.15, 0.2) is 66.3 Å². The van der Waals surface area contributed by atoms with Crippen molar-refractivity contribution in [1.82, 2.24) is 14.9 Å². The fraction of sp³-hybridized carbons (Fsp3) is 0.300. The van der Waals surface area contributed by atoms with Gasteiger partial charge >= 0.3 is 0 Å². The van der Waals surface area contributed by atoms with Crippen molar-refractivity contribution in [3.05, 3.63) is 94.0 Å². The zero-order valence-electron chi connectivity index (χ0n) is 20.9. The van der Waals surface area contributed by atoms with Gasteiger partial charge in [0, 0.05) is 42.4 Å². The Balaban J connectivity index is 1.18. The van der Waals surface area contributed by atoms with E-state index >= 15 is 0 Å². The van der Waals surface area contributed by atoms with E-state index in [1.165, 1.54) is 22.4 Å². The van der Waals surface area contributed by atoms with Gasteiger partial charge in [-0.15, -0.1) is 11.3 Å². The number of thiazole rings is 1. The second-order valence-electron chi connectivity index (χ2n) is 10.2. The quantitative estimate of drug-likeness (QED) is 0.259. The highest BCUT2D eigenvalue weighted by Gasteiger charge is 2.47. The molecule has 1 spiro atoms. The Morgan fingerprint density at radius 3 is 2.71 bits per heavy atom. The molecule has 0 bridgehead atoms. The number of halogens is 2. The van der Waals surface area contributed by atoms with Crippen LogP contribution in [0.2, 0.25) is 5.15 Å². The van der Waals surface area contributed by atoms with Crippen molar-refractivity contribution in [3.8, 4) is 0 Å². The highest BCUT2D eigenvalue weighted by molar-refractivity contribution is 7.16. The molecule has 2 aromatic carbocycles. The molecule has 4 heterocycles. The Kier molecular flexibility index (Phi) is 6.99. The molecule has 6 rings (SSSR count). The van der Waals surface area contributed by atoms with Gasteiger partial charge in [-0.2, -0.15) is 0 Å². The Labute approximate surface area is 230 Å². The average molecular weight is 547 g/mol. The zero-order valence-corrected chi connectivity index (χ0v) is 22.5. The van der Waals surface area contributed by atoms with Gasteiger partial charge in [0.2, 0.25) is 5.91 Å². The molecule has 1 saturated heterocycles. The SMILES string of the molecule is O=C(CCc1ccnc(Cl)c1)N1CC2(CCN(C/C=C/c3ccc(F)cc3)CC2)c2c1ccc1scnc21. The molecule has 0 saturated carbocycles. The number of piperidine rings is 1. The van der Waals surface area contributed by atoms with Crippen LogP contribution in [0.25, 0.3) is 16.3 Å². The molecule has 5 nitrogen and oxygen atoms in total. The Morgan fingerprint density at radius 1 is 1.11 bits per heavy atom. The minimum Gasteiger partial charge on any atom is -0.311 e. The van der Waals surface area contributed by atoms with Crippen LogP contribution in [0.3, 0.4) is 0 Å². The van der Waals surface area contributed by atoms with Gasteiger partial charge < -0.3 is 4.90 Å². The first-order chi connectivity index (χ1) is 18.5. The highest BCUT2D eigenvalue weighted by Crippen LogP contribution is 2.50. The summed E-state index contributed by atoms with van der Waals surface area (Å²) in [6, 6.07) is 14.5. The molecule has 0 radical (unpaired) electrons. The van der Waals surface area contributed by atoms with E-state index in [0.29, 0.717) is 24.5 Å². The van der Waals surface area contributed by atoms with Gasteiger partial charge in [0.1, 0.15) is 11.0 Å². The van der Waals surface area contributed by atoms with Crippen molar-refractivity contribution in [2.24, 2.45) is 0 Å². The molecule has 2 aliphatic rings. The van der Waals surface area contributed by atoms with Gasteiger partial charge in [-0.05, 0) is 79.9 Å². The summed E-state index contributed by atoms with van der Waals surface area (Å²) >= 11 is 7.70. The number of rotatable bonds is 6. The number of likely N-dealkylation sites (tertiary alicyclic amines) is 1. The first-order valence-corrected chi connectivity index (χ1v) is 14.2. The van der Waals surface area contributed by atoms with Gasteiger partial charge in [0.05, 0.1) is 15.7 Å². The van der Waals surface area contributed by atoms with E-state index in [9.17, 15) is 9.18 Å². The second-order valence-corrected chi connectivity index (χ2v) is 11.4. The molecule has 194 valence electrons. The fourth-order valence-corrected chi connectivity index (χ4v) is 6.71. The molecule has 0 N–H and O–H groups in total. The lowest BCUT2D eigenvalue weighted by molar-refractivity contribution is -0.118. The fourth-order valence-electron chi connectivity index (χ4n) is 5.83. The van der Waals surface area contributed by atoms with Crippen LogP contribution in [0.1, 0.15) is 36.0 Å². The number of aromatic nitrogens is 2. The lowest BCUT2D eigenvalue weighted by Gasteiger charge is -2.39. The van der Waals surface area contributed by atoms with Gasteiger partial charge in [0.25, 0.3) is 0 Å². The standard InChI is InChI=1S/C30H28ClFN4OS/c31-26-18-22(11-14-33-26)5-10-27(37)36-19-30(28-24(36)8-9-25-29(28)34-20-38-25)12-16-35(17-13-30)15-1-2-21-3-6-23(32)7-4-21/h1-4,6-9,11,14,18,20H,5,10,12-13,15-17,19H2/b2-1+. The highest BCUT2D eigenvalue weighted by atomic mass is 35.5. The van der Waals surface area contributed by atoms with Gasteiger partial charge in [-0.1, -0.05) is 35.9 Å². The van der Waals surface area contributed by atoms with Crippen LogP contribution < -0.4 is 4.90 Å². The molecule has 1 amide bonds. The number of amides is 1. The normalized spacial score (nSPS) is 17.1. The topological polar surface area (TPSA) is 49.3 Å². The van der Waals surface area contributed by atoms with Crippen molar-refractivity contribution >= 4 is 50.8 Å². The molecule has 0 atom stereocenters. The third-order valence-electron chi connectivity index (χ3n) is 7.84. The summed E-state index contributed by atoms with van der Waals surface area (Å²) in [5, 5.41) is 0.450. The van der Waals surface area contributed by atoms with E-state index in [2.05, 4.69) is 28.1 Å². The second kappa shape index (κ2) is 10.6. The van der Waals surface area contributed by atoms with Crippen LogP contribution in [-0.2, 0) is 16.6 Å². The van der Waals surface area contributed by atoms with Gasteiger partial charge in [-0.3, -0.25) is 9.69 Å². The van der Waals surface area contributed by atoms with Crippen LogP contribution in [0.4, 0.5) is 10.1 Å². The maximum absolute atomic E-state index is 13.5.